The zero-order chi connectivity index (χ0) is 17.2. The molecule has 0 spiro atoms. The van der Waals surface area contributed by atoms with Gasteiger partial charge in [-0.3, -0.25) is 9.69 Å². The first-order chi connectivity index (χ1) is 12.2. The molecule has 0 unspecified atom stereocenters. The highest BCUT2D eigenvalue weighted by Crippen LogP contribution is 2.40. The van der Waals surface area contributed by atoms with Gasteiger partial charge in [0.2, 0.25) is 11.8 Å². The number of hydrogen-bond donors (Lipinski definition) is 1. The lowest BCUT2D eigenvalue weighted by molar-refractivity contribution is -0.123. The molecule has 2 aliphatic rings. The molecular formula is C19H24N4O2. The number of primary amides is 1. The second-order valence-electron chi connectivity index (χ2n) is 7.20. The average Bonchev–Trinajstić information content (AvgIpc) is 3.21. The summed E-state index contributed by atoms with van der Waals surface area (Å²) in [4.78, 5) is 18.6. The smallest absolute Gasteiger partial charge is 0.240 e. The predicted octanol–water partition coefficient (Wildman–Crippen LogP) is 2.28. The Bertz CT molecular complexity index is 730. The Morgan fingerprint density at radius 3 is 2.84 bits per heavy atom. The molecule has 2 fully saturated rings. The quantitative estimate of drug-likeness (QED) is 0.902. The summed E-state index contributed by atoms with van der Waals surface area (Å²) in [6, 6.07) is 10.3. The van der Waals surface area contributed by atoms with Gasteiger partial charge in [0.15, 0.2) is 5.82 Å². The molecule has 2 heterocycles. The van der Waals surface area contributed by atoms with Crippen molar-refractivity contribution in [3.63, 3.8) is 0 Å². The molecule has 2 aromatic rings. The summed E-state index contributed by atoms with van der Waals surface area (Å²) < 4.78 is 5.45. The number of likely N-dealkylation sites (tertiary alicyclic amines) is 1. The van der Waals surface area contributed by atoms with Crippen LogP contribution in [0.1, 0.15) is 49.4 Å². The fourth-order valence-electron chi connectivity index (χ4n) is 4.42. The summed E-state index contributed by atoms with van der Waals surface area (Å²) >= 11 is 0. The van der Waals surface area contributed by atoms with E-state index in [0.29, 0.717) is 36.6 Å². The lowest BCUT2D eigenvalue weighted by atomic mass is 9.85. The maximum atomic E-state index is 11.9. The number of nitrogens with zero attached hydrogens (tertiary/aromatic N) is 3. The molecular weight excluding hydrogens is 316 g/mol. The van der Waals surface area contributed by atoms with Gasteiger partial charge < -0.3 is 10.3 Å². The van der Waals surface area contributed by atoms with Crippen molar-refractivity contribution < 1.29 is 9.32 Å². The van der Waals surface area contributed by atoms with Crippen LogP contribution in [-0.2, 0) is 17.8 Å². The lowest BCUT2D eigenvalue weighted by Crippen LogP contribution is -2.44. The normalized spacial score (nSPS) is 26.5. The van der Waals surface area contributed by atoms with Crippen LogP contribution in [-0.4, -0.2) is 33.0 Å². The van der Waals surface area contributed by atoms with Gasteiger partial charge in [-0.05, 0) is 30.7 Å². The Hall–Kier alpha value is -2.21. The van der Waals surface area contributed by atoms with Gasteiger partial charge in [-0.15, -0.1) is 0 Å². The Morgan fingerprint density at radius 2 is 2.04 bits per heavy atom. The second kappa shape index (κ2) is 6.96. The maximum absolute atomic E-state index is 11.9. The van der Waals surface area contributed by atoms with Crippen LogP contribution in [0, 0.1) is 5.92 Å². The van der Waals surface area contributed by atoms with E-state index in [1.807, 2.05) is 30.3 Å². The standard InChI is InChI=1S/C19H24N4O2/c20-19(24)16-11-14-8-4-5-9-15(14)23(16)12-18-21-17(22-25-18)10-13-6-2-1-3-7-13/h1-3,6-7,14-16H,4-5,8-12H2,(H2,20,24)/t14-,15+,16+/m1/s1. The first-order valence-corrected chi connectivity index (χ1v) is 9.11. The molecule has 1 aromatic carbocycles. The monoisotopic (exact) mass is 340 g/mol. The third-order valence-electron chi connectivity index (χ3n) is 5.58. The molecule has 6 nitrogen and oxygen atoms in total. The number of rotatable bonds is 5. The van der Waals surface area contributed by atoms with E-state index in [-0.39, 0.29) is 11.9 Å². The van der Waals surface area contributed by atoms with Gasteiger partial charge in [-0.1, -0.05) is 48.3 Å². The van der Waals surface area contributed by atoms with E-state index in [0.717, 1.165) is 18.4 Å². The van der Waals surface area contributed by atoms with E-state index in [1.165, 1.54) is 19.3 Å². The van der Waals surface area contributed by atoms with Crippen molar-refractivity contribution in [1.82, 2.24) is 15.0 Å². The van der Waals surface area contributed by atoms with Crippen molar-refractivity contribution >= 4 is 5.91 Å². The van der Waals surface area contributed by atoms with Crippen LogP contribution < -0.4 is 5.73 Å². The molecule has 0 radical (unpaired) electrons. The molecule has 132 valence electrons. The van der Waals surface area contributed by atoms with E-state index < -0.39 is 0 Å². The summed E-state index contributed by atoms with van der Waals surface area (Å²) in [5, 5.41) is 4.10. The number of hydrogen-bond acceptors (Lipinski definition) is 5. The van der Waals surface area contributed by atoms with E-state index >= 15 is 0 Å². The largest absolute Gasteiger partial charge is 0.368 e. The van der Waals surface area contributed by atoms with Crippen LogP contribution in [0.2, 0.25) is 0 Å². The van der Waals surface area contributed by atoms with Gasteiger partial charge in [-0.25, -0.2) is 0 Å². The molecule has 2 N–H and O–H groups in total. The van der Waals surface area contributed by atoms with E-state index in [2.05, 4.69) is 15.0 Å². The van der Waals surface area contributed by atoms with Crippen LogP contribution >= 0.6 is 0 Å². The van der Waals surface area contributed by atoms with Crippen LogP contribution in [0.3, 0.4) is 0 Å². The minimum atomic E-state index is -0.238. The first kappa shape index (κ1) is 16.3. The summed E-state index contributed by atoms with van der Waals surface area (Å²) in [7, 11) is 0. The molecule has 1 saturated carbocycles. The van der Waals surface area contributed by atoms with Crippen molar-refractivity contribution in [2.24, 2.45) is 11.7 Å². The number of fused-ring (bicyclic) bond motifs is 1. The summed E-state index contributed by atoms with van der Waals surface area (Å²) in [6.45, 7) is 0.510. The minimum absolute atomic E-state index is 0.211. The zero-order valence-electron chi connectivity index (χ0n) is 14.3. The minimum Gasteiger partial charge on any atom is -0.368 e. The van der Waals surface area contributed by atoms with Gasteiger partial charge >= 0.3 is 0 Å². The highest BCUT2D eigenvalue weighted by Gasteiger charge is 2.44. The van der Waals surface area contributed by atoms with Gasteiger partial charge in [0.05, 0.1) is 12.6 Å². The van der Waals surface area contributed by atoms with Crippen molar-refractivity contribution in [1.29, 1.82) is 0 Å². The summed E-state index contributed by atoms with van der Waals surface area (Å²) in [5.74, 6) is 1.58. The van der Waals surface area contributed by atoms with Gasteiger partial charge in [-0.2, -0.15) is 4.98 Å². The third-order valence-corrected chi connectivity index (χ3v) is 5.58. The SMILES string of the molecule is NC(=O)[C@@H]1C[C@H]2CCCC[C@@H]2N1Cc1nc(Cc2ccccc2)no1. The molecule has 1 aliphatic heterocycles. The second-order valence-corrected chi connectivity index (χ2v) is 7.20. The van der Waals surface area contributed by atoms with Gasteiger partial charge in [0, 0.05) is 12.5 Å². The molecule has 6 heteroatoms. The summed E-state index contributed by atoms with van der Waals surface area (Å²) in [6.07, 6.45) is 6.29. The topological polar surface area (TPSA) is 85.3 Å². The fourth-order valence-corrected chi connectivity index (χ4v) is 4.42. The molecule has 1 aromatic heterocycles. The van der Waals surface area contributed by atoms with Crippen LogP contribution in [0.15, 0.2) is 34.9 Å². The van der Waals surface area contributed by atoms with E-state index in [1.54, 1.807) is 0 Å². The predicted molar refractivity (Wildman–Crippen MR) is 92.4 cm³/mol. The number of nitrogens with two attached hydrogens (primary N) is 1. The van der Waals surface area contributed by atoms with Crippen molar-refractivity contribution in [2.75, 3.05) is 0 Å². The first-order valence-electron chi connectivity index (χ1n) is 9.11. The molecule has 4 rings (SSSR count). The molecule has 1 aliphatic carbocycles. The fraction of sp³-hybridized carbons (Fsp3) is 0.526. The van der Waals surface area contributed by atoms with Gasteiger partial charge in [0.1, 0.15) is 0 Å². The number of carbonyl (C=O) groups excluding carboxylic acids is 1. The van der Waals surface area contributed by atoms with E-state index in [4.69, 9.17) is 10.3 Å². The average molecular weight is 340 g/mol. The lowest BCUT2D eigenvalue weighted by Gasteiger charge is -2.32. The molecule has 0 bridgehead atoms. The van der Waals surface area contributed by atoms with Crippen LogP contribution in [0.25, 0.3) is 0 Å². The Labute approximate surface area is 147 Å². The Kier molecular flexibility index (Phi) is 4.53. The highest BCUT2D eigenvalue weighted by atomic mass is 16.5. The zero-order valence-corrected chi connectivity index (χ0v) is 14.3. The number of amides is 1. The number of benzene rings is 1. The molecule has 1 saturated heterocycles. The van der Waals surface area contributed by atoms with Gasteiger partial charge in [0.25, 0.3) is 0 Å². The number of aromatic nitrogens is 2. The third kappa shape index (κ3) is 3.44. The molecule has 1 amide bonds. The van der Waals surface area contributed by atoms with Crippen LogP contribution in [0.5, 0.6) is 0 Å². The maximum Gasteiger partial charge on any atom is 0.240 e. The Balaban J connectivity index is 1.48. The number of carbonyl (C=O) groups is 1. The molecule has 25 heavy (non-hydrogen) atoms. The van der Waals surface area contributed by atoms with Crippen molar-refractivity contribution in [3.05, 3.63) is 47.6 Å². The van der Waals surface area contributed by atoms with Crippen molar-refractivity contribution in [2.45, 2.75) is 57.2 Å². The summed E-state index contributed by atoms with van der Waals surface area (Å²) in [5.41, 5.74) is 6.81. The van der Waals surface area contributed by atoms with Crippen molar-refractivity contribution in [3.8, 4) is 0 Å². The Morgan fingerprint density at radius 1 is 1.24 bits per heavy atom. The highest BCUT2D eigenvalue weighted by molar-refractivity contribution is 5.80. The van der Waals surface area contributed by atoms with E-state index in [9.17, 15) is 4.79 Å². The molecule has 3 atom stereocenters. The van der Waals surface area contributed by atoms with Crippen LogP contribution in [0.4, 0.5) is 0 Å².